The van der Waals surface area contributed by atoms with E-state index in [4.69, 9.17) is 23.2 Å². The highest BCUT2D eigenvalue weighted by Gasteiger charge is 2.50. The molecule has 0 fully saturated rings. The Balaban J connectivity index is 1.13. The lowest BCUT2D eigenvalue weighted by Crippen LogP contribution is -2.59. The number of benzene rings is 3. The third kappa shape index (κ3) is 5.37. The summed E-state index contributed by atoms with van der Waals surface area (Å²) in [6, 6.07) is 15.2. The van der Waals surface area contributed by atoms with Gasteiger partial charge < -0.3 is 15.1 Å². The van der Waals surface area contributed by atoms with E-state index >= 15 is 0 Å². The van der Waals surface area contributed by atoms with Crippen LogP contribution >= 0.6 is 34.5 Å². The van der Waals surface area contributed by atoms with Crippen LogP contribution in [0, 0.1) is 5.92 Å². The van der Waals surface area contributed by atoms with Gasteiger partial charge in [0.1, 0.15) is 22.4 Å². The van der Waals surface area contributed by atoms with Crippen molar-refractivity contribution in [3.63, 3.8) is 0 Å². The van der Waals surface area contributed by atoms with Gasteiger partial charge in [-0.2, -0.15) is 13.2 Å². The Morgan fingerprint density at radius 1 is 1.04 bits per heavy atom. The molecule has 0 radical (unpaired) electrons. The van der Waals surface area contributed by atoms with Gasteiger partial charge in [-0.1, -0.05) is 90.0 Å². The van der Waals surface area contributed by atoms with Gasteiger partial charge in [0.05, 0.1) is 35.1 Å². The summed E-state index contributed by atoms with van der Waals surface area (Å²) in [6.45, 7) is 3.32. The first-order valence-electron chi connectivity index (χ1n) is 16.0. The van der Waals surface area contributed by atoms with Crippen molar-refractivity contribution >= 4 is 80.8 Å². The fourth-order valence-corrected chi connectivity index (χ4v) is 8.41. The first-order chi connectivity index (χ1) is 24.8. The lowest BCUT2D eigenvalue weighted by atomic mass is 9.73. The van der Waals surface area contributed by atoms with E-state index in [9.17, 15) is 27.6 Å². The third-order valence-corrected chi connectivity index (χ3v) is 11.4. The summed E-state index contributed by atoms with van der Waals surface area (Å²) in [5, 5.41) is 3.98. The van der Waals surface area contributed by atoms with Crippen LogP contribution in [0.3, 0.4) is 0 Å². The zero-order valence-electron chi connectivity index (χ0n) is 27.3. The SMILES string of the molecule is CC1C=c2c(ccc3c2=CC(=O)c2ccccc2-3)C(C)(N2CN(CC(=O)Nc3nc(-c4ccc(Cl)c(Cl)c4)c(C(F)(F)F)s3)c3cncnc32)C1=O. The molecule has 2 aliphatic carbocycles. The van der Waals surface area contributed by atoms with Crippen molar-refractivity contribution in [2.45, 2.75) is 25.6 Å². The highest BCUT2D eigenvalue weighted by molar-refractivity contribution is 7.16. The van der Waals surface area contributed by atoms with Crippen molar-refractivity contribution in [2.24, 2.45) is 5.92 Å². The monoisotopic (exact) mass is 760 g/mol. The number of fused-ring (bicyclic) bond motifs is 6. The van der Waals surface area contributed by atoms with Gasteiger partial charge in [0.2, 0.25) is 5.91 Å². The fourth-order valence-electron chi connectivity index (χ4n) is 7.24. The number of aromatic nitrogens is 3. The summed E-state index contributed by atoms with van der Waals surface area (Å²) in [5.74, 6) is -1.03. The van der Waals surface area contributed by atoms with Crippen LogP contribution < -0.4 is 25.6 Å². The van der Waals surface area contributed by atoms with E-state index in [0.717, 1.165) is 21.6 Å². The average molecular weight is 762 g/mol. The molecule has 2 aromatic heterocycles. The van der Waals surface area contributed by atoms with Crippen molar-refractivity contribution in [3.8, 4) is 22.4 Å². The van der Waals surface area contributed by atoms with Crippen LogP contribution in [0.5, 0.6) is 0 Å². The predicted octanol–water partition coefficient (Wildman–Crippen LogP) is 6.71. The van der Waals surface area contributed by atoms with Gasteiger partial charge in [0.15, 0.2) is 22.5 Å². The first kappa shape index (κ1) is 34.0. The number of anilines is 3. The van der Waals surface area contributed by atoms with Crippen LogP contribution in [0.1, 0.15) is 34.6 Å². The Morgan fingerprint density at radius 3 is 2.56 bits per heavy atom. The molecule has 9 nitrogen and oxygen atoms in total. The second-order valence-corrected chi connectivity index (χ2v) is 14.6. The summed E-state index contributed by atoms with van der Waals surface area (Å²) >= 11 is 12.3. The van der Waals surface area contributed by atoms with Gasteiger partial charge in [-0.3, -0.25) is 14.4 Å². The van der Waals surface area contributed by atoms with Crippen LogP contribution in [0.15, 0.2) is 67.1 Å². The minimum atomic E-state index is -4.76. The van der Waals surface area contributed by atoms with E-state index in [2.05, 4.69) is 20.3 Å². The zero-order valence-corrected chi connectivity index (χ0v) is 29.6. The molecule has 3 heterocycles. The Labute approximate surface area is 308 Å². The average Bonchev–Trinajstić information content (AvgIpc) is 3.71. The molecule has 8 rings (SSSR count). The number of amides is 1. The van der Waals surface area contributed by atoms with E-state index in [1.165, 1.54) is 30.7 Å². The van der Waals surface area contributed by atoms with Gasteiger partial charge in [-0.05, 0) is 52.3 Å². The number of carbonyl (C=O) groups is 3. The van der Waals surface area contributed by atoms with E-state index in [1.807, 2.05) is 36.4 Å². The van der Waals surface area contributed by atoms with Gasteiger partial charge in [-0.25, -0.2) is 15.0 Å². The van der Waals surface area contributed by atoms with E-state index in [0.29, 0.717) is 34.0 Å². The largest absolute Gasteiger partial charge is 0.427 e. The summed E-state index contributed by atoms with van der Waals surface area (Å²) in [6.07, 6.45) is 1.61. The molecule has 0 saturated carbocycles. The van der Waals surface area contributed by atoms with Gasteiger partial charge in [-0.15, -0.1) is 0 Å². The fraction of sp³-hybridized carbons (Fsp3) is 0.189. The number of nitrogens with one attached hydrogen (secondary N) is 1. The molecule has 262 valence electrons. The molecule has 2 atom stereocenters. The number of carbonyl (C=O) groups excluding carboxylic acids is 3. The Bertz CT molecular complexity index is 2510. The quantitative estimate of drug-likeness (QED) is 0.211. The molecule has 1 aliphatic heterocycles. The lowest BCUT2D eigenvalue weighted by Gasteiger charge is -2.42. The van der Waals surface area contributed by atoms with Crippen LogP contribution in [-0.4, -0.2) is 45.6 Å². The molecule has 0 bridgehead atoms. The summed E-state index contributed by atoms with van der Waals surface area (Å²) in [5.41, 5.74) is 1.84. The van der Waals surface area contributed by atoms with Crippen LogP contribution in [0.2, 0.25) is 10.0 Å². The number of nitrogens with zero attached hydrogens (tertiary/aromatic N) is 5. The zero-order chi connectivity index (χ0) is 36.7. The molecule has 15 heteroatoms. The molecule has 5 aromatic rings. The smallest absolute Gasteiger partial charge is 0.340 e. The molecule has 3 aliphatic rings. The van der Waals surface area contributed by atoms with Crippen LogP contribution in [0.4, 0.5) is 29.8 Å². The van der Waals surface area contributed by atoms with Crippen LogP contribution in [0.25, 0.3) is 34.5 Å². The van der Waals surface area contributed by atoms with Crippen molar-refractivity contribution < 1.29 is 27.6 Å². The molecule has 0 spiro atoms. The van der Waals surface area contributed by atoms with E-state index in [1.54, 1.807) is 35.8 Å². The molecular formula is C37H25Cl2F3N6O3S. The van der Waals surface area contributed by atoms with E-state index < -0.39 is 34.1 Å². The number of hydrogen-bond donors (Lipinski definition) is 1. The Hall–Kier alpha value is -5.11. The lowest BCUT2D eigenvalue weighted by molar-refractivity contribution is -0.134. The van der Waals surface area contributed by atoms with Gasteiger partial charge >= 0.3 is 6.18 Å². The van der Waals surface area contributed by atoms with Crippen molar-refractivity contribution in [3.05, 3.63) is 104 Å². The second-order valence-electron chi connectivity index (χ2n) is 12.8. The van der Waals surface area contributed by atoms with E-state index in [-0.39, 0.29) is 45.5 Å². The highest BCUT2D eigenvalue weighted by Crippen LogP contribution is 2.45. The highest BCUT2D eigenvalue weighted by atomic mass is 35.5. The third-order valence-electron chi connectivity index (χ3n) is 9.66. The Morgan fingerprint density at radius 2 is 1.81 bits per heavy atom. The number of alkyl halides is 3. The summed E-state index contributed by atoms with van der Waals surface area (Å²) < 4.78 is 42.2. The topological polar surface area (TPSA) is 108 Å². The maximum absolute atomic E-state index is 14.3. The maximum Gasteiger partial charge on any atom is 0.427 e. The summed E-state index contributed by atoms with van der Waals surface area (Å²) in [4.78, 5) is 56.2. The maximum atomic E-state index is 14.3. The predicted molar refractivity (Wildman–Crippen MR) is 194 cm³/mol. The normalized spacial score (nSPS) is 18.9. The van der Waals surface area contributed by atoms with Gasteiger partial charge in [0.25, 0.3) is 0 Å². The molecular weight excluding hydrogens is 736 g/mol. The number of ketones is 2. The minimum Gasteiger partial charge on any atom is -0.340 e. The second kappa shape index (κ2) is 12.2. The number of hydrogen-bond acceptors (Lipinski definition) is 9. The number of Topliss-reactive ketones (excluding diaryl/α,β-unsaturated/α-hetero) is 2. The van der Waals surface area contributed by atoms with Gasteiger partial charge in [0, 0.05) is 17.0 Å². The standard InChI is InChI=1S/C37H25Cl2F3N6O3S/c1-18-11-24-23-13-29(49)22-6-4-3-5-20(22)21(23)8-9-25(24)36(2,32(18)51)48-17-47(28-14-43-16-44-34(28)48)15-30(50)45-35-46-31(33(52-35)37(40,41)42)19-7-10-26(38)27(39)12-19/h3-14,16,18H,15,17H2,1-2H3,(H,45,46,50). The number of thiazole rings is 1. The van der Waals surface area contributed by atoms with Crippen molar-refractivity contribution in [2.75, 3.05) is 28.3 Å². The molecule has 52 heavy (non-hydrogen) atoms. The minimum absolute atomic E-state index is 0.0264. The molecule has 0 saturated heterocycles. The van der Waals surface area contributed by atoms with Crippen LogP contribution in [-0.2, 0) is 21.3 Å². The molecule has 3 aromatic carbocycles. The van der Waals surface area contributed by atoms with Crippen molar-refractivity contribution in [1.29, 1.82) is 0 Å². The Kier molecular flexibility index (Phi) is 8.01. The summed E-state index contributed by atoms with van der Waals surface area (Å²) in [7, 11) is 0. The number of halogens is 5. The number of rotatable bonds is 5. The molecule has 2 unspecified atom stereocenters. The van der Waals surface area contributed by atoms with Crippen molar-refractivity contribution in [1.82, 2.24) is 15.0 Å². The molecule has 1 amide bonds. The molecule has 1 N–H and O–H groups in total. The first-order valence-corrected chi connectivity index (χ1v) is 17.5.